The first-order chi connectivity index (χ1) is 10.6. The van der Waals surface area contributed by atoms with E-state index >= 15 is 0 Å². The summed E-state index contributed by atoms with van der Waals surface area (Å²) >= 11 is 1.80. The number of nitrogens with one attached hydrogen (secondary N) is 1. The van der Waals surface area contributed by atoms with Gasteiger partial charge in [-0.2, -0.15) is 11.8 Å². The molecule has 1 saturated heterocycles. The fraction of sp³-hybridized carbons (Fsp3) is 0.588. The molecule has 0 aliphatic carbocycles. The highest BCUT2D eigenvalue weighted by Crippen LogP contribution is 2.26. The Morgan fingerprint density at radius 1 is 1.32 bits per heavy atom. The number of hydrogen-bond donors (Lipinski definition) is 2. The van der Waals surface area contributed by atoms with E-state index in [2.05, 4.69) is 29.4 Å². The minimum absolute atomic E-state index is 0.196. The predicted molar refractivity (Wildman–Crippen MR) is 91.9 cm³/mol. The van der Waals surface area contributed by atoms with Crippen LogP contribution in [0.25, 0.3) is 0 Å². The first-order valence-electron chi connectivity index (χ1n) is 7.91. The molecule has 2 N–H and O–H groups in total. The van der Waals surface area contributed by atoms with Gasteiger partial charge in [0.2, 0.25) is 0 Å². The third-order valence-corrected chi connectivity index (χ3v) is 5.03. The second-order valence-corrected chi connectivity index (χ2v) is 7.20. The Hall–Kier alpha value is -1.04. The van der Waals surface area contributed by atoms with Crippen molar-refractivity contribution >= 4 is 17.7 Å². The number of nitrogens with zero attached hydrogens (tertiary/aromatic N) is 1. The van der Waals surface area contributed by atoms with Gasteiger partial charge in [-0.05, 0) is 49.9 Å². The zero-order valence-corrected chi connectivity index (χ0v) is 14.1. The largest absolute Gasteiger partial charge is 0.380 e. The van der Waals surface area contributed by atoms with Crippen LogP contribution in [0.2, 0.25) is 0 Å². The maximum atomic E-state index is 12.1. The minimum atomic E-state index is -1.14. The van der Waals surface area contributed by atoms with Gasteiger partial charge in [0.25, 0.3) is 5.91 Å². The predicted octanol–water partition coefficient (Wildman–Crippen LogP) is 1.88. The second kappa shape index (κ2) is 8.56. The van der Waals surface area contributed by atoms with E-state index in [1.54, 1.807) is 11.8 Å². The third-order valence-electron chi connectivity index (χ3n) is 4.04. The highest BCUT2D eigenvalue weighted by Gasteiger charge is 2.36. The van der Waals surface area contributed by atoms with Gasteiger partial charge in [-0.3, -0.25) is 4.79 Å². The van der Waals surface area contributed by atoms with Crippen molar-refractivity contribution < 1.29 is 9.90 Å². The van der Waals surface area contributed by atoms with Crippen molar-refractivity contribution in [3.8, 4) is 0 Å². The van der Waals surface area contributed by atoms with Crippen LogP contribution in [0.1, 0.15) is 24.8 Å². The summed E-state index contributed by atoms with van der Waals surface area (Å²) in [7, 11) is 2.08. The van der Waals surface area contributed by atoms with E-state index in [-0.39, 0.29) is 5.91 Å². The molecule has 122 valence electrons. The molecule has 0 spiro atoms. The van der Waals surface area contributed by atoms with Gasteiger partial charge in [-0.25, -0.2) is 0 Å². The molecular formula is C17H26N2O2S. The average Bonchev–Trinajstić information content (AvgIpc) is 2.53. The Labute approximate surface area is 137 Å². The molecule has 0 saturated carbocycles. The van der Waals surface area contributed by atoms with Gasteiger partial charge >= 0.3 is 0 Å². The topological polar surface area (TPSA) is 52.6 Å². The zero-order valence-electron chi connectivity index (χ0n) is 13.3. The summed E-state index contributed by atoms with van der Waals surface area (Å²) in [5, 5.41) is 13.2. The molecular weight excluding hydrogens is 296 g/mol. The molecule has 2 rings (SSSR count). The van der Waals surface area contributed by atoms with Gasteiger partial charge in [-0.1, -0.05) is 30.3 Å². The van der Waals surface area contributed by atoms with Crippen LogP contribution in [0.15, 0.2) is 30.3 Å². The number of thioether (sulfide) groups is 1. The van der Waals surface area contributed by atoms with Crippen molar-refractivity contribution in [2.24, 2.45) is 0 Å². The molecule has 0 bridgehead atoms. The highest BCUT2D eigenvalue weighted by molar-refractivity contribution is 7.99. The van der Waals surface area contributed by atoms with Crippen molar-refractivity contribution in [3.05, 3.63) is 35.9 Å². The van der Waals surface area contributed by atoms with Crippen LogP contribution in [0.5, 0.6) is 0 Å². The summed E-state index contributed by atoms with van der Waals surface area (Å²) in [4.78, 5) is 14.3. The van der Waals surface area contributed by atoms with Crippen molar-refractivity contribution in [1.29, 1.82) is 0 Å². The van der Waals surface area contributed by atoms with Crippen molar-refractivity contribution in [1.82, 2.24) is 10.2 Å². The number of rotatable bonds is 7. The zero-order chi connectivity index (χ0) is 15.8. The number of carbonyl (C=O) groups excluding carboxylic acids is 1. The van der Waals surface area contributed by atoms with Crippen molar-refractivity contribution in [2.45, 2.75) is 31.4 Å². The smallest absolute Gasteiger partial charge is 0.252 e. The standard InChI is InChI=1S/C17H26N2O2S/c1-19(14-15-6-3-2-4-7-15)11-5-10-18-16(20)17(21)8-12-22-13-9-17/h2-4,6-7,21H,5,8-14H2,1H3,(H,18,20). The molecule has 1 amide bonds. The Morgan fingerprint density at radius 3 is 2.68 bits per heavy atom. The number of aliphatic hydroxyl groups is 1. The normalized spacial score (nSPS) is 17.4. The summed E-state index contributed by atoms with van der Waals surface area (Å²) in [6.45, 7) is 2.45. The number of amides is 1. The molecule has 0 aromatic heterocycles. The molecule has 0 unspecified atom stereocenters. The molecule has 1 fully saturated rings. The Balaban J connectivity index is 1.63. The van der Waals surface area contributed by atoms with Gasteiger partial charge in [0.15, 0.2) is 0 Å². The first-order valence-corrected chi connectivity index (χ1v) is 9.06. The monoisotopic (exact) mass is 322 g/mol. The number of hydrogen-bond acceptors (Lipinski definition) is 4. The highest BCUT2D eigenvalue weighted by atomic mass is 32.2. The van der Waals surface area contributed by atoms with E-state index in [0.29, 0.717) is 19.4 Å². The van der Waals surface area contributed by atoms with Crippen LogP contribution in [0, 0.1) is 0 Å². The maximum absolute atomic E-state index is 12.1. The van der Waals surface area contributed by atoms with Crippen molar-refractivity contribution in [3.63, 3.8) is 0 Å². The Kier molecular flexibility index (Phi) is 6.73. The van der Waals surface area contributed by atoms with E-state index in [1.165, 1.54) is 5.56 Å². The van der Waals surface area contributed by atoms with Crippen LogP contribution in [0.3, 0.4) is 0 Å². The van der Waals surface area contributed by atoms with Crippen LogP contribution in [-0.2, 0) is 11.3 Å². The van der Waals surface area contributed by atoms with Crippen LogP contribution < -0.4 is 5.32 Å². The van der Waals surface area contributed by atoms with Gasteiger partial charge in [-0.15, -0.1) is 0 Å². The number of carbonyl (C=O) groups is 1. The molecule has 1 heterocycles. The lowest BCUT2D eigenvalue weighted by atomic mass is 9.96. The lowest BCUT2D eigenvalue weighted by Gasteiger charge is -2.30. The summed E-state index contributed by atoms with van der Waals surface area (Å²) in [5.41, 5.74) is 0.157. The Morgan fingerprint density at radius 2 is 2.00 bits per heavy atom. The molecule has 1 aromatic carbocycles. The fourth-order valence-electron chi connectivity index (χ4n) is 2.63. The van der Waals surface area contributed by atoms with Gasteiger partial charge < -0.3 is 15.3 Å². The van der Waals surface area contributed by atoms with Gasteiger partial charge in [0.05, 0.1) is 0 Å². The van der Waals surface area contributed by atoms with Crippen molar-refractivity contribution in [2.75, 3.05) is 31.6 Å². The van der Waals surface area contributed by atoms with Gasteiger partial charge in [0.1, 0.15) is 5.60 Å². The molecule has 0 atom stereocenters. The number of benzene rings is 1. The molecule has 1 aromatic rings. The average molecular weight is 322 g/mol. The van der Waals surface area contributed by atoms with Crippen LogP contribution >= 0.6 is 11.8 Å². The van der Waals surface area contributed by atoms with Crippen LogP contribution in [0.4, 0.5) is 0 Å². The fourth-order valence-corrected chi connectivity index (χ4v) is 3.79. The van der Waals surface area contributed by atoms with Gasteiger partial charge in [0, 0.05) is 13.1 Å². The second-order valence-electron chi connectivity index (χ2n) is 5.98. The summed E-state index contributed by atoms with van der Waals surface area (Å²) < 4.78 is 0. The third kappa shape index (κ3) is 5.30. The molecule has 1 aliphatic rings. The summed E-state index contributed by atoms with van der Waals surface area (Å²) in [6.07, 6.45) is 2.02. The molecule has 5 heteroatoms. The Bertz CT molecular complexity index is 461. The van der Waals surface area contributed by atoms with E-state index in [1.807, 2.05) is 18.2 Å². The summed E-state index contributed by atoms with van der Waals surface area (Å²) in [5.74, 6) is 1.53. The molecule has 0 radical (unpaired) electrons. The molecule has 1 aliphatic heterocycles. The molecule has 22 heavy (non-hydrogen) atoms. The summed E-state index contributed by atoms with van der Waals surface area (Å²) in [6, 6.07) is 10.4. The first kappa shape index (κ1) is 17.3. The quantitative estimate of drug-likeness (QED) is 0.753. The van der Waals surface area contributed by atoms with Crippen LogP contribution in [-0.4, -0.2) is 53.2 Å². The van der Waals surface area contributed by atoms with E-state index in [0.717, 1.165) is 31.0 Å². The molecule has 4 nitrogen and oxygen atoms in total. The lowest BCUT2D eigenvalue weighted by molar-refractivity contribution is -0.140. The SMILES string of the molecule is CN(CCCNC(=O)C1(O)CCSCC1)Cc1ccccc1. The van der Waals surface area contributed by atoms with E-state index in [9.17, 15) is 9.90 Å². The maximum Gasteiger partial charge on any atom is 0.252 e. The van der Waals surface area contributed by atoms with E-state index < -0.39 is 5.60 Å². The lowest BCUT2D eigenvalue weighted by Crippen LogP contribution is -2.49. The van der Waals surface area contributed by atoms with E-state index in [4.69, 9.17) is 0 Å². The minimum Gasteiger partial charge on any atom is -0.380 e.